The van der Waals surface area contributed by atoms with Crippen LogP contribution in [0.15, 0.2) is 41.1 Å². The van der Waals surface area contributed by atoms with Crippen LogP contribution in [0.1, 0.15) is 5.69 Å². The number of aromatic nitrogens is 1. The molecule has 1 aromatic carbocycles. The lowest BCUT2D eigenvalue weighted by atomic mass is 10.2. The molecule has 2 rings (SSSR count). The molecule has 0 aliphatic heterocycles. The van der Waals surface area contributed by atoms with E-state index >= 15 is 0 Å². The van der Waals surface area contributed by atoms with Gasteiger partial charge in [0.05, 0.1) is 12.1 Å². The number of nitrogens with one attached hydrogen (secondary N) is 1. The van der Waals surface area contributed by atoms with E-state index in [1.165, 1.54) is 6.26 Å². The van der Waals surface area contributed by atoms with Crippen LogP contribution in [0.5, 0.6) is 0 Å². The summed E-state index contributed by atoms with van der Waals surface area (Å²) >= 11 is 0. The van der Waals surface area contributed by atoms with Crippen molar-refractivity contribution in [2.24, 2.45) is 0 Å². The summed E-state index contributed by atoms with van der Waals surface area (Å²) in [5.74, 6) is -0.110. The molecule has 18 heavy (non-hydrogen) atoms. The summed E-state index contributed by atoms with van der Waals surface area (Å²) in [7, 11) is 3.94. The highest BCUT2D eigenvalue weighted by molar-refractivity contribution is 5.92. The Balaban J connectivity index is 1.95. The van der Waals surface area contributed by atoms with Gasteiger partial charge >= 0.3 is 0 Å². The Labute approximate surface area is 105 Å². The van der Waals surface area contributed by atoms with Crippen molar-refractivity contribution in [3.8, 4) is 0 Å². The minimum atomic E-state index is -0.110. The Morgan fingerprint density at radius 1 is 1.28 bits per heavy atom. The number of benzene rings is 1. The van der Waals surface area contributed by atoms with Gasteiger partial charge in [-0.15, -0.1) is 0 Å². The molecule has 0 saturated heterocycles. The van der Waals surface area contributed by atoms with E-state index in [1.807, 2.05) is 43.3 Å². The normalized spacial score (nSPS) is 10.1. The van der Waals surface area contributed by atoms with E-state index < -0.39 is 0 Å². The minimum absolute atomic E-state index is 0.110. The lowest BCUT2D eigenvalue weighted by molar-refractivity contribution is -0.115. The van der Waals surface area contributed by atoms with Gasteiger partial charge in [0.1, 0.15) is 6.26 Å². The number of hydrogen-bond acceptors (Lipinski definition) is 4. The summed E-state index contributed by atoms with van der Waals surface area (Å²) in [6.07, 6.45) is 1.67. The first kappa shape index (κ1) is 12.2. The van der Waals surface area contributed by atoms with Crippen LogP contribution >= 0.6 is 0 Å². The van der Waals surface area contributed by atoms with Crippen LogP contribution in [0.3, 0.4) is 0 Å². The van der Waals surface area contributed by atoms with Crippen LogP contribution in [0.2, 0.25) is 0 Å². The average Bonchev–Trinajstić information content (AvgIpc) is 2.82. The van der Waals surface area contributed by atoms with Crippen LogP contribution in [0, 0.1) is 0 Å². The average molecular weight is 245 g/mol. The van der Waals surface area contributed by atoms with Crippen molar-refractivity contribution in [3.63, 3.8) is 0 Å². The molecule has 1 N–H and O–H groups in total. The molecule has 5 nitrogen and oxygen atoms in total. The first-order valence-corrected chi connectivity index (χ1v) is 5.61. The number of anilines is 2. The van der Waals surface area contributed by atoms with E-state index in [0.717, 1.165) is 11.4 Å². The van der Waals surface area contributed by atoms with Gasteiger partial charge in [0, 0.05) is 31.5 Å². The summed E-state index contributed by atoms with van der Waals surface area (Å²) < 4.78 is 4.67. The highest BCUT2D eigenvalue weighted by Crippen LogP contribution is 2.15. The Hall–Kier alpha value is -2.30. The molecule has 1 amide bonds. The van der Waals surface area contributed by atoms with Gasteiger partial charge in [-0.2, -0.15) is 0 Å². The predicted octanol–water partition coefficient (Wildman–Crippen LogP) is 1.92. The fourth-order valence-corrected chi connectivity index (χ4v) is 1.54. The van der Waals surface area contributed by atoms with Gasteiger partial charge < -0.3 is 14.7 Å². The molecule has 2 aromatic rings. The Morgan fingerprint density at radius 2 is 2.00 bits per heavy atom. The van der Waals surface area contributed by atoms with Crippen molar-refractivity contribution in [2.75, 3.05) is 24.3 Å². The second-order valence-electron chi connectivity index (χ2n) is 4.16. The molecule has 0 spiro atoms. The molecule has 0 bridgehead atoms. The first-order valence-electron chi connectivity index (χ1n) is 5.61. The molecular formula is C13H15N3O2. The van der Waals surface area contributed by atoms with Crippen LogP contribution in [-0.4, -0.2) is 25.2 Å². The summed E-state index contributed by atoms with van der Waals surface area (Å²) in [6, 6.07) is 9.32. The van der Waals surface area contributed by atoms with Gasteiger partial charge in [-0.05, 0) is 24.3 Å². The van der Waals surface area contributed by atoms with E-state index in [4.69, 9.17) is 0 Å². The maximum absolute atomic E-state index is 11.7. The van der Waals surface area contributed by atoms with E-state index in [2.05, 4.69) is 15.0 Å². The van der Waals surface area contributed by atoms with Crippen molar-refractivity contribution in [1.29, 1.82) is 0 Å². The number of rotatable bonds is 4. The molecule has 0 unspecified atom stereocenters. The van der Waals surface area contributed by atoms with E-state index in [1.54, 1.807) is 6.07 Å². The van der Waals surface area contributed by atoms with Gasteiger partial charge in [-0.1, -0.05) is 5.16 Å². The molecule has 1 aromatic heterocycles. The molecule has 94 valence electrons. The molecule has 0 aliphatic rings. The monoisotopic (exact) mass is 245 g/mol. The number of carbonyl (C=O) groups is 1. The Bertz CT molecular complexity index is 504. The number of carbonyl (C=O) groups excluding carboxylic acids is 1. The summed E-state index contributed by atoms with van der Waals surface area (Å²) in [5.41, 5.74) is 2.48. The van der Waals surface area contributed by atoms with E-state index in [0.29, 0.717) is 5.69 Å². The third-order valence-corrected chi connectivity index (χ3v) is 2.50. The second kappa shape index (κ2) is 5.35. The molecule has 1 heterocycles. The van der Waals surface area contributed by atoms with Gasteiger partial charge in [0.15, 0.2) is 0 Å². The van der Waals surface area contributed by atoms with Crippen molar-refractivity contribution >= 4 is 17.3 Å². The fourth-order valence-electron chi connectivity index (χ4n) is 1.54. The van der Waals surface area contributed by atoms with Crippen molar-refractivity contribution < 1.29 is 9.32 Å². The number of hydrogen-bond donors (Lipinski definition) is 1. The second-order valence-corrected chi connectivity index (χ2v) is 4.16. The third kappa shape index (κ3) is 3.10. The molecule has 0 fully saturated rings. The van der Waals surface area contributed by atoms with Crippen molar-refractivity contribution in [3.05, 3.63) is 42.3 Å². The molecular weight excluding hydrogens is 230 g/mol. The quantitative estimate of drug-likeness (QED) is 0.894. The van der Waals surface area contributed by atoms with E-state index in [-0.39, 0.29) is 12.3 Å². The van der Waals surface area contributed by atoms with Crippen molar-refractivity contribution in [2.45, 2.75) is 6.42 Å². The molecule has 0 atom stereocenters. The maximum Gasteiger partial charge on any atom is 0.230 e. The molecule has 0 aliphatic carbocycles. The Kier molecular flexibility index (Phi) is 3.62. The first-order chi connectivity index (χ1) is 8.65. The zero-order valence-electron chi connectivity index (χ0n) is 10.4. The molecule has 0 radical (unpaired) electrons. The maximum atomic E-state index is 11.7. The van der Waals surface area contributed by atoms with Gasteiger partial charge in [-0.25, -0.2) is 0 Å². The van der Waals surface area contributed by atoms with Crippen LogP contribution < -0.4 is 10.2 Å². The fraction of sp³-hybridized carbons (Fsp3) is 0.231. The lowest BCUT2D eigenvalue weighted by Gasteiger charge is -2.12. The van der Waals surface area contributed by atoms with Gasteiger partial charge in [0.25, 0.3) is 0 Å². The Morgan fingerprint density at radius 3 is 2.56 bits per heavy atom. The van der Waals surface area contributed by atoms with Crippen LogP contribution in [0.25, 0.3) is 0 Å². The zero-order valence-corrected chi connectivity index (χ0v) is 10.4. The van der Waals surface area contributed by atoms with Gasteiger partial charge in [-0.3, -0.25) is 4.79 Å². The van der Waals surface area contributed by atoms with Crippen LogP contribution in [0.4, 0.5) is 11.4 Å². The smallest absolute Gasteiger partial charge is 0.230 e. The minimum Gasteiger partial charge on any atom is -0.378 e. The zero-order chi connectivity index (χ0) is 13.0. The summed E-state index contributed by atoms with van der Waals surface area (Å²) in [6.45, 7) is 0. The highest BCUT2D eigenvalue weighted by atomic mass is 16.5. The molecule has 0 saturated carbocycles. The molecule has 5 heteroatoms. The van der Waals surface area contributed by atoms with Crippen molar-refractivity contribution in [1.82, 2.24) is 5.16 Å². The lowest BCUT2D eigenvalue weighted by Crippen LogP contribution is -2.14. The topological polar surface area (TPSA) is 58.4 Å². The highest BCUT2D eigenvalue weighted by Gasteiger charge is 2.06. The largest absolute Gasteiger partial charge is 0.378 e. The van der Waals surface area contributed by atoms with Crippen LogP contribution in [-0.2, 0) is 11.2 Å². The number of amides is 1. The number of nitrogens with zero attached hydrogens (tertiary/aromatic N) is 2. The predicted molar refractivity (Wildman–Crippen MR) is 69.6 cm³/mol. The van der Waals surface area contributed by atoms with E-state index in [9.17, 15) is 4.79 Å². The third-order valence-electron chi connectivity index (χ3n) is 2.50. The summed E-state index contributed by atoms with van der Waals surface area (Å²) in [4.78, 5) is 13.7. The standard InChI is InChI=1S/C13H15N3O2/c1-16(2)12-5-3-10(4-6-12)14-13(17)9-11-7-8-18-15-11/h3-8H,9H2,1-2H3,(H,14,17). The van der Waals surface area contributed by atoms with Gasteiger partial charge in [0.2, 0.25) is 5.91 Å². The SMILES string of the molecule is CN(C)c1ccc(NC(=O)Cc2ccon2)cc1. The summed E-state index contributed by atoms with van der Waals surface area (Å²) in [5, 5.41) is 6.50.